The lowest BCUT2D eigenvalue weighted by Gasteiger charge is -2.32. The first-order valence-electron chi connectivity index (χ1n) is 7.59. The summed E-state index contributed by atoms with van der Waals surface area (Å²) in [7, 11) is 0. The third kappa shape index (κ3) is 2.56. The van der Waals surface area contributed by atoms with Crippen molar-refractivity contribution >= 4 is 5.91 Å². The SMILES string of the molecule is CCCC1(C(=O)N2CCC(C(C)C)C2)CCNC1. The Labute approximate surface area is 111 Å². The predicted molar refractivity (Wildman–Crippen MR) is 74.4 cm³/mol. The van der Waals surface area contributed by atoms with Gasteiger partial charge in [-0.25, -0.2) is 0 Å². The highest BCUT2D eigenvalue weighted by atomic mass is 16.2. The summed E-state index contributed by atoms with van der Waals surface area (Å²) < 4.78 is 0. The van der Waals surface area contributed by atoms with E-state index in [4.69, 9.17) is 0 Å². The normalized spacial score (nSPS) is 32.4. The van der Waals surface area contributed by atoms with Crippen LogP contribution in [0.2, 0.25) is 0 Å². The predicted octanol–water partition coefficient (Wildman–Crippen LogP) is 2.27. The highest BCUT2D eigenvalue weighted by molar-refractivity contribution is 5.83. The topological polar surface area (TPSA) is 32.3 Å². The van der Waals surface area contributed by atoms with Crippen LogP contribution in [0.15, 0.2) is 0 Å². The number of likely N-dealkylation sites (tertiary alicyclic amines) is 1. The van der Waals surface area contributed by atoms with Crippen molar-refractivity contribution in [1.82, 2.24) is 10.2 Å². The molecule has 0 aromatic rings. The van der Waals surface area contributed by atoms with Crippen LogP contribution in [-0.4, -0.2) is 37.0 Å². The molecular weight excluding hydrogens is 224 g/mol. The van der Waals surface area contributed by atoms with Crippen LogP contribution in [0.1, 0.15) is 46.5 Å². The van der Waals surface area contributed by atoms with E-state index in [1.807, 2.05) is 0 Å². The van der Waals surface area contributed by atoms with E-state index in [9.17, 15) is 4.79 Å². The highest BCUT2D eigenvalue weighted by Crippen LogP contribution is 2.35. The summed E-state index contributed by atoms with van der Waals surface area (Å²) in [4.78, 5) is 15.0. The first-order valence-corrected chi connectivity index (χ1v) is 7.59. The number of hydrogen-bond acceptors (Lipinski definition) is 2. The minimum atomic E-state index is -0.0827. The van der Waals surface area contributed by atoms with E-state index in [1.54, 1.807) is 0 Å². The van der Waals surface area contributed by atoms with Crippen molar-refractivity contribution in [3.63, 3.8) is 0 Å². The van der Waals surface area contributed by atoms with Gasteiger partial charge in [-0.15, -0.1) is 0 Å². The van der Waals surface area contributed by atoms with Crippen molar-refractivity contribution in [2.75, 3.05) is 26.2 Å². The van der Waals surface area contributed by atoms with Gasteiger partial charge in [-0.05, 0) is 37.6 Å². The van der Waals surface area contributed by atoms with Gasteiger partial charge < -0.3 is 10.2 Å². The third-order valence-electron chi connectivity index (χ3n) is 4.88. The Morgan fingerprint density at radius 3 is 2.78 bits per heavy atom. The molecule has 2 heterocycles. The fourth-order valence-electron chi connectivity index (χ4n) is 3.58. The van der Waals surface area contributed by atoms with Gasteiger partial charge in [-0.2, -0.15) is 0 Å². The molecule has 0 aromatic heterocycles. The van der Waals surface area contributed by atoms with Gasteiger partial charge in [0.05, 0.1) is 5.41 Å². The van der Waals surface area contributed by atoms with E-state index in [-0.39, 0.29) is 5.41 Å². The minimum Gasteiger partial charge on any atom is -0.342 e. The summed E-state index contributed by atoms with van der Waals surface area (Å²) in [6.45, 7) is 10.6. The maximum atomic E-state index is 12.8. The Hall–Kier alpha value is -0.570. The number of carbonyl (C=O) groups is 1. The maximum Gasteiger partial charge on any atom is 0.230 e. The molecule has 1 amide bonds. The van der Waals surface area contributed by atoms with Crippen molar-refractivity contribution in [1.29, 1.82) is 0 Å². The van der Waals surface area contributed by atoms with Gasteiger partial charge in [0.1, 0.15) is 0 Å². The van der Waals surface area contributed by atoms with Gasteiger partial charge in [0.15, 0.2) is 0 Å². The van der Waals surface area contributed by atoms with E-state index >= 15 is 0 Å². The highest BCUT2D eigenvalue weighted by Gasteiger charge is 2.44. The quantitative estimate of drug-likeness (QED) is 0.832. The molecule has 2 fully saturated rings. The Bertz CT molecular complexity index is 295. The largest absolute Gasteiger partial charge is 0.342 e. The van der Waals surface area contributed by atoms with Crippen molar-refractivity contribution in [2.24, 2.45) is 17.3 Å². The summed E-state index contributed by atoms with van der Waals surface area (Å²) in [6, 6.07) is 0. The lowest BCUT2D eigenvalue weighted by molar-refractivity contribution is -0.140. The Kier molecular flexibility index (Phi) is 4.31. The Balaban J connectivity index is 2.02. The molecule has 2 atom stereocenters. The van der Waals surface area contributed by atoms with Gasteiger partial charge >= 0.3 is 0 Å². The second kappa shape index (κ2) is 5.60. The molecule has 18 heavy (non-hydrogen) atoms. The van der Waals surface area contributed by atoms with Crippen molar-refractivity contribution in [2.45, 2.75) is 46.5 Å². The zero-order chi connectivity index (χ0) is 13.2. The second-order valence-electron chi connectivity index (χ2n) is 6.50. The van der Waals surface area contributed by atoms with Crippen LogP contribution in [0.3, 0.4) is 0 Å². The molecule has 0 radical (unpaired) electrons. The summed E-state index contributed by atoms with van der Waals surface area (Å²) in [6.07, 6.45) is 4.37. The van der Waals surface area contributed by atoms with Gasteiger partial charge in [0.25, 0.3) is 0 Å². The first kappa shape index (κ1) is 13.9. The van der Waals surface area contributed by atoms with E-state index in [2.05, 4.69) is 31.0 Å². The number of hydrogen-bond donors (Lipinski definition) is 1. The van der Waals surface area contributed by atoms with E-state index in [0.717, 1.165) is 45.4 Å². The van der Waals surface area contributed by atoms with E-state index in [0.29, 0.717) is 17.7 Å². The number of carbonyl (C=O) groups excluding carboxylic acids is 1. The van der Waals surface area contributed by atoms with E-state index in [1.165, 1.54) is 6.42 Å². The average Bonchev–Trinajstić information content (AvgIpc) is 2.97. The Morgan fingerprint density at radius 2 is 2.28 bits per heavy atom. The molecule has 2 saturated heterocycles. The van der Waals surface area contributed by atoms with Crippen LogP contribution < -0.4 is 5.32 Å². The van der Waals surface area contributed by atoms with Crippen LogP contribution in [-0.2, 0) is 4.79 Å². The lowest BCUT2D eigenvalue weighted by atomic mass is 9.81. The van der Waals surface area contributed by atoms with Gasteiger partial charge in [0, 0.05) is 19.6 Å². The molecule has 104 valence electrons. The zero-order valence-electron chi connectivity index (χ0n) is 12.2. The van der Waals surface area contributed by atoms with Crippen molar-refractivity contribution in [3.05, 3.63) is 0 Å². The molecule has 0 spiro atoms. The molecule has 0 aromatic carbocycles. The van der Waals surface area contributed by atoms with Crippen molar-refractivity contribution < 1.29 is 4.79 Å². The van der Waals surface area contributed by atoms with Gasteiger partial charge in [0.2, 0.25) is 5.91 Å². The summed E-state index contributed by atoms with van der Waals surface area (Å²) in [5.41, 5.74) is -0.0827. The van der Waals surface area contributed by atoms with Crippen LogP contribution in [0, 0.1) is 17.3 Å². The smallest absolute Gasteiger partial charge is 0.230 e. The standard InChI is InChI=1S/C15H28N2O/c1-4-6-15(7-8-16-11-15)14(18)17-9-5-13(10-17)12(2)3/h12-13,16H,4-11H2,1-3H3. The maximum absolute atomic E-state index is 12.8. The van der Waals surface area contributed by atoms with Gasteiger partial charge in [-0.1, -0.05) is 27.2 Å². The fourth-order valence-corrected chi connectivity index (χ4v) is 3.58. The number of nitrogens with one attached hydrogen (secondary N) is 1. The van der Waals surface area contributed by atoms with Gasteiger partial charge in [-0.3, -0.25) is 4.79 Å². The summed E-state index contributed by atoms with van der Waals surface area (Å²) in [5.74, 6) is 1.84. The molecule has 0 aliphatic carbocycles. The molecule has 0 bridgehead atoms. The first-order chi connectivity index (χ1) is 8.59. The number of rotatable bonds is 4. The number of amides is 1. The van der Waals surface area contributed by atoms with E-state index < -0.39 is 0 Å². The van der Waals surface area contributed by atoms with Crippen LogP contribution >= 0.6 is 0 Å². The van der Waals surface area contributed by atoms with Crippen LogP contribution in [0.5, 0.6) is 0 Å². The molecule has 1 N–H and O–H groups in total. The lowest BCUT2D eigenvalue weighted by Crippen LogP contribution is -2.44. The van der Waals surface area contributed by atoms with Crippen molar-refractivity contribution in [3.8, 4) is 0 Å². The minimum absolute atomic E-state index is 0.0827. The molecule has 2 unspecified atom stereocenters. The molecule has 2 aliphatic heterocycles. The number of nitrogens with zero attached hydrogens (tertiary/aromatic N) is 1. The molecular formula is C15H28N2O. The van der Waals surface area contributed by atoms with Crippen LogP contribution in [0.4, 0.5) is 0 Å². The monoisotopic (exact) mass is 252 g/mol. The summed E-state index contributed by atoms with van der Waals surface area (Å²) in [5, 5.41) is 3.39. The molecule has 0 saturated carbocycles. The molecule has 3 nitrogen and oxygen atoms in total. The average molecular weight is 252 g/mol. The zero-order valence-corrected chi connectivity index (χ0v) is 12.2. The second-order valence-corrected chi connectivity index (χ2v) is 6.50. The Morgan fingerprint density at radius 1 is 1.50 bits per heavy atom. The summed E-state index contributed by atoms with van der Waals surface area (Å²) >= 11 is 0. The van der Waals surface area contributed by atoms with Crippen LogP contribution in [0.25, 0.3) is 0 Å². The molecule has 2 rings (SSSR count). The molecule has 2 aliphatic rings. The third-order valence-corrected chi connectivity index (χ3v) is 4.88. The fraction of sp³-hybridized carbons (Fsp3) is 0.933. The molecule has 3 heteroatoms.